The maximum Gasteiger partial charge on any atom is 0.0914 e. The Hall–Kier alpha value is -0.460. The zero-order valence-corrected chi connectivity index (χ0v) is 16.3. The second-order valence-corrected chi connectivity index (χ2v) is 5.75. The molecule has 0 saturated heterocycles. The second-order valence-electron chi connectivity index (χ2n) is 5.75. The first-order valence-corrected chi connectivity index (χ1v) is 9.31. The molecule has 0 saturated carbocycles. The highest BCUT2D eigenvalue weighted by Crippen LogP contribution is 2.21. The number of methoxy groups -OCH3 is 1. The summed E-state index contributed by atoms with van der Waals surface area (Å²) in [6, 6.07) is 0. The number of unbranched alkanes of at least 4 members (excludes halogenated alkanes) is 5. The van der Waals surface area contributed by atoms with Crippen molar-refractivity contribution in [2.75, 3.05) is 7.11 Å². The van der Waals surface area contributed by atoms with Crippen molar-refractivity contribution in [1.82, 2.24) is 0 Å². The van der Waals surface area contributed by atoms with Crippen LogP contribution in [0.5, 0.6) is 0 Å². The molecule has 0 amide bonds. The maximum absolute atomic E-state index is 5.20. The van der Waals surface area contributed by atoms with Gasteiger partial charge >= 0.3 is 0 Å². The molecule has 1 atom stereocenters. The number of allylic oxidation sites excluding steroid dienone is 1. The van der Waals surface area contributed by atoms with Crippen molar-refractivity contribution >= 4 is 0 Å². The molecule has 0 aromatic carbocycles. The Balaban J connectivity index is -0.000000460. The van der Waals surface area contributed by atoms with Crippen molar-refractivity contribution in [3.63, 3.8) is 0 Å². The van der Waals surface area contributed by atoms with Crippen LogP contribution in [0.1, 0.15) is 106 Å². The van der Waals surface area contributed by atoms with E-state index in [2.05, 4.69) is 48.1 Å². The van der Waals surface area contributed by atoms with Gasteiger partial charge in [0.1, 0.15) is 0 Å². The fourth-order valence-corrected chi connectivity index (χ4v) is 1.93. The standard InChI is InChI=1S/C14H28O.2C3H8/c1-5-7-8-9-10-11-12-14(6-2)13(3)15-4;2*1-3-2/h14H,3,5-12H2,1-2,4H3;2*3H2,1-2H3. The lowest BCUT2D eigenvalue weighted by Gasteiger charge is -2.16. The van der Waals surface area contributed by atoms with Crippen LogP contribution in [0.15, 0.2) is 12.3 Å². The van der Waals surface area contributed by atoms with E-state index in [4.69, 9.17) is 4.74 Å². The van der Waals surface area contributed by atoms with E-state index in [-0.39, 0.29) is 0 Å². The van der Waals surface area contributed by atoms with Crippen molar-refractivity contribution in [1.29, 1.82) is 0 Å². The van der Waals surface area contributed by atoms with E-state index in [1.54, 1.807) is 7.11 Å². The second kappa shape index (κ2) is 24.6. The van der Waals surface area contributed by atoms with Crippen LogP contribution in [0.4, 0.5) is 0 Å². The van der Waals surface area contributed by atoms with Gasteiger partial charge in [-0.2, -0.15) is 0 Å². The Labute approximate surface area is 136 Å². The SMILES string of the molecule is C=C(OC)C(CC)CCCCCCCC.CCC.CCC. The van der Waals surface area contributed by atoms with Crippen LogP contribution in [0, 0.1) is 5.92 Å². The Kier molecular flexibility index (Phi) is 29.8. The minimum absolute atomic E-state index is 0.571. The molecule has 1 unspecified atom stereocenters. The topological polar surface area (TPSA) is 9.23 Å². The van der Waals surface area contributed by atoms with Crippen molar-refractivity contribution in [3.8, 4) is 0 Å². The summed E-state index contributed by atoms with van der Waals surface area (Å²) in [6.07, 6.45) is 13.1. The van der Waals surface area contributed by atoms with E-state index >= 15 is 0 Å². The summed E-state index contributed by atoms with van der Waals surface area (Å²) >= 11 is 0. The molecule has 1 heteroatoms. The summed E-state index contributed by atoms with van der Waals surface area (Å²) < 4.78 is 5.20. The summed E-state index contributed by atoms with van der Waals surface area (Å²) in [5.41, 5.74) is 0. The molecular formula is C20H44O. The molecule has 0 aliphatic carbocycles. The number of rotatable bonds is 10. The third-order valence-corrected chi connectivity index (χ3v) is 3.12. The van der Waals surface area contributed by atoms with Crippen LogP contribution in [0.25, 0.3) is 0 Å². The highest BCUT2D eigenvalue weighted by atomic mass is 16.5. The average Bonchev–Trinajstić information content (AvgIpc) is 2.47. The molecular weight excluding hydrogens is 256 g/mol. The van der Waals surface area contributed by atoms with E-state index in [9.17, 15) is 0 Å². The van der Waals surface area contributed by atoms with Crippen molar-refractivity contribution < 1.29 is 4.74 Å². The lowest BCUT2D eigenvalue weighted by Crippen LogP contribution is -2.03. The lowest BCUT2D eigenvalue weighted by atomic mass is 9.96. The van der Waals surface area contributed by atoms with Crippen LogP contribution in [-0.4, -0.2) is 7.11 Å². The fourth-order valence-electron chi connectivity index (χ4n) is 1.93. The van der Waals surface area contributed by atoms with Gasteiger partial charge in [-0.15, -0.1) is 0 Å². The predicted molar refractivity (Wildman–Crippen MR) is 99.9 cm³/mol. The van der Waals surface area contributed by atoms with Gasteiger partial charge in [-0.1, -0.05) is 99.5 Å². The van der Waals surface area contributed by atoms with Crippen molar-refractivity contribution in [2.24, 2.45) is 5.92 Å². The summed E-state index contributed by atoms with van der Waals surface area (Å²) in [6.45, 7) is 16.9. The zero-order chi connectivity index (χ0) is 16.9. The highest BCUT2D eigenvalue weighted by molar-refractivity contribution is 4.89. The molecule has 0 aromatic heterocycles. The number of ether oxygens (including phenoxy) is 1. The number of hydrogen-bond donors (Lipinski definition) is 0. The minimum atomic E-state index is 0.571. The zero-order valence-electron chi connectivity index (χ0n) is 16.3. The fraction of sp³-hybridized carbons (Fsp3) is 0.900. The molecule has 0 rings (SSSR count). The van der Waals surface area contributed by atoms with E-state index < -0.39 is 0 Å². The first-order chi connectivity index (χ1) is 10.1. The highest BCUT2D eigenvalue weighted by Gasteiger charge is 2.09. The molecule has 21 heavy (non-hydrogen) atoms. The van der Waals surface area contributed by atoms with Crippen LogP contribution >= 0.6 is 0 Å². The molecule has 0 radical (unpaired) electrons. The van der Waals surface area contributed by atoms with E-state index in [1.165, 1.54) is 57.8 Å². The smallest absolute Gasteiger partial charge is 0.0914 e. The van der Waals surface area contributed by atoms with E-state index in [0.29, 0.717) is 5.92 Å². The van der Waals surface area contributed by atoms with Gasteiger partial charge in [-0.05, 0) is 12.8 Å². The summed E-state index contributed by atoms with van der Waals surface area (Å²) in [4.78, 5) is 0. The Morgan fingerprint density at radius 1 is 0.810 bits per heavy atom. The molecule has 1 nitrogen and oxygen atoms in total. The normalized spacial score (nSPS) is 10.6. The van der Waals surface area contributed by atoms with Crippen molar-refractivity contribution in [3.05, 3.63) is 12.3 Å². The largest absolute Gasteiger partial charge is 0.501 e. The van der Waals surface area contributed by atoms with Crippen LogP contribution in [0.3, 0.4) is 0 Å². The summed E-state index contributed by atoms with van der Waals surface area (Å²) in [7, 11) is 1.73. The Morgan fingerprint density at radius 2 is 1.24 bits per heavy atom. The van der Waals surface area contributed by atoms with Gasteiger partial charge in [0.25, 0.3) is 0 Å². The predicted octanol–water partition coefficient (Wildman–Crippen LogP) is 7.76. The van der Waals surface area contributed by atoms with Gasteiger partial charge in [0.05, 0.1) is 12.9 Å². The van der Waals surface area contributed by atoms with Crippen LogP contribution in [-0.2, 0) is 4.74 Å². The average molecular weight is 301 g/mol. The van der Waals surface area contributed by atoms with Gasteiger partial charge in [0.15, 0.2) is 0 Å². The molecule has 0 N–H and O–H groups in total. The van der Waals surface area contributed by atoms with Gasteiger partial charge in [-0.3, -0.25) is 0 Å². The summed E-state index contributed by atoms with van der Waals surface area (Å²) in [5, 5.41) is 0. The third kappa shape index (κ3) is 24.9. The van der Waals surface area contributed by atoms with Crippen LogP contribution in [0.2, 0.25) is 0 Å². The molecule has 0 spiro atoms. The van der Waals surface area contributed by atoms with Crippen LogP contribution < -0.4 is 0 Å². The third-order valence-electron chi connectivity index (χ3n) is 3.12. The van der Waals surface area contributed by atoms with Gasteiger partial charge in [0, 0.05) is 5.92 Å². The van der Waals surface area contributed by atoms with Gasteiger partial charge in [-0.25, -0.2) is 0 Å². The first-order valence-electron chi connectivity index (χ1n) is 9.31. The molecule has 0 bridgehead atoms. The van der Waals surface area contributed by atoms with Crippen molar-refractivity contribution in [2.45, 2.75) is 106 Å². The van der Waals surface area contributed by atoms with E-state index in [0.717, 1.165) is 12.2 Å². The van der Waals surface area contributed by atoms with Gasteiger partial charge < -0.3 is 4.74 Å². The molecule has 0 aliphatic rings. The monoisotopic (exact) mass is 300 g/mol. The van der Waals surface area contributed by atoms with E-state index in [1.807, 2.05) is 0 Å². The van der Waals surface area contributed by atoms with Gasteiger partial charge in [0.2, 0.25) is 0 Å². The quantitative estimate of drug-likeness (QED) is 0.296. The molecule has 0 heterocycles. The molecule has 0 aromatic rings. The Morgan fingerprint density at radius 3 is 1.62 bits per heavy atom. The Bertz CT molecular complexity index is 173. The molecule has 0 fully saturated rings. The summed E-state index contributed by atoms with van der Waals surface area (Å²) in [5.74, 6) is 1.53. The first kappa shape index (κ1) is 25.5. The maximum atomic E-state index is 5.20. The minimum Gasteiger partial charge on any atom is -0.501 e. The number of hydrogen-bond acceptors (Lipinski definition) is 1. The molecule has 0 aliphatic heterocycles. The lowest BCUT2D eigenvalue weighted by molar-refractivity contribution is 0.232. The molecule has 130 valence electrons.